The molecule has 0 aliphatic heterocycles. The summed E-state index contributed by atoms with van der Waals surface area (Å²) in [6.45, 7) is -4.47. The third-order valence-corrected chi connectivity index (χ3v) is 0.895. The van der Waals surface area contributed by atoms with E-state index in [1.165, 1.54) is 0 Å². The van der Waals surface area contributed by atoms with Gasteiger partial charge in [-0.25, -0.2) is 0 Å². The van der Waals surface area contributed by atoms with Crippen LogP contribution in [0.25, 0.3) is 0 Å². The van der Waals surface area contributed by atoms with Gasteiger partial charge in [-0.1, -0.05) is 0 Å². The maximum atomic E-state index is 11.3. The number of aliphatic hydroxyl groups is 1. The lowest BCUT2D eigenvalue weighted by atomic mass is 10.3. The number of carbonyl (C=O) groups excluding carboxylic acids is 1. The van der Waals surface area contributed by atoms with Crippen LogP contribution in [0.15, 0.2) is 0 Å². The molecule has 72 valence electrons. The Morgan fingerprint density at radius 1 is 1.58 bits per heavy atom. The molecule has 7 heteroatoms. The lowest BCUT2D eigenvalue weighted by Gasteiger charge is -2.08. The number of hydrogen-bond donors (Lipinski definition) is 2. The third kappa shape index (κ3) is 4.94. The Morgan fingerprint density at radius 2 is 2.17 bits per heavy atom. The molecule has 0 bridgehead atoms. The fourth-order valence-corrected chi connectivity index (χ4v) is 0.325. The molecule has 0 saturated carbocycles. The fraction of sp³-hybridized carbons (Fsp3) is 0.800. The van der Waals surface area contributed by atoms with E-state index >= 15 is 0 Å². The quantitative estimate of drug-likeness (QED) is 0.426. The van der Waals surface area contributed by atoms with Gasteiger partial charge in [0.05, 0.1) is 6.61 Å². The molecule has 0 saturated heterocycles. The highest BCUT2D eigenvalue weighted by Crippen LogP contribution is 1.94. The van der Waals surface area contributed by atoms with Crippen LogP contribution in [-0.4, -0.2) is 37.1 Å². The number of aliphatic hydroxyl groups excluding tert-OH is 1. The van der Waals surface area contributed by atoms with Crippen molar-refractivity contribution in [1.29, 1.82) is 0 Å². The van der Waals surface area contributed by atoms with Crippen LogP contribution >= 0.6 is 0 Å². The topological polar surface area (TPSA) is 81.8 Å². The van der Waals surface area contributed by atoms with Gasteiger partial charge in [-0.2, -0.15) is 8.78 Å². The Hall–Kier alpha value is -0.790. The summed E-state index contributed by atoms with van der Waals surface area (Å²) >= 11 is 0. The minimum atomic E-state index is -3.00. The van der Waals surface area contributed by atoms with Crippen LogP contribution in [0.1, 0.15) is 0 Å². The van der Waals surface area contributed by atoms with Gasteiger partial charge in [0, 0.05) is 0 Å². The van der Waals surface area contributed by atoms with Crippen molar-refractivity contribution in [2.75, 3.05) is 13.4 Å². The smallest absolute Gasteiger partial charge is 0.348 e. The van der Waals surface area contributed by atoms with Crippen LogP contribution in [0.2, 0.25) is 0 Å². The van der Waals surface area contributed by atoms with E-state index in [1.807, 2.05) is 0 Å². The second-order valence-corrected chi connectivity index (χ2v) is 1.80. The molecule has 0 aromatic heterocycles. The summed E-state index contributed by atoms with van der Waals surface area (Å²) in [6.07, 6.45) is 0. The zero-order valence-corrected chi connectivity index (χ0v) is 6.07. The average Bonchev–Trinajstić information content (AvgIpc) is 2.02. The van der Waals surface area contributed by atoms with Crippen LogP contribution in [0, 0.1) is 0 Å². The molecule has 3 N–H and O–H groups in total. The number of ether oxygens (including phenoxy) is 2. The molecule has 0 unspecified atom stereocenters. The SMILES string of the molecule is N[C@@H](CO)C(=O)OCOC(F)F. The normalized spacial score (nSPS) is 13.1. The number of hydrogen-bond acceptors (Lipinski definition) is 5. The predicted octanol–water partition coefficient (Wildman–Crippen LogP) is -0.954. The number of carbonyl (C=O) groups is 1. The monoisotopic (exact) mass is 185 g/mol. The van der Waals surface area contributed by atoms with Gasteiger partial charge >= 0.3 is 12.6 Å². The minimum Gasteiger partial charge on any atom is -0.437 e. The molecular weight excluding hydrogens is 176 g/mol. The van der Waals surface area contributed by atoms with Gasteiger partial charge in [-0.05, 0) is 0 Å². The number of esters is 1. The van der Waals surface area contributed by atoms with E-state index < -0.39 is 32.0 Å². The molecule has 0 radical (unpaired) electrons. The van der Waals surface area contributed by atoms with Gasteiger partial charge in [-0.15, -0.1) is 0 Å². The molecular formula is C5H9F2NO4. The fourth-order valence-electron chi connectivity index (χ4n) is 0.325. The van der Waals surface area contributed by atoms with E-state index in [-0.39, 0.29) is 0 Å². The first kappa shape index (κ1) is 11.2. The van der Waals surface area contributed by atoms with Gasteiger partial charge in [0.15, 0.2) is 6.79 Å². The molecule has 0 aliphatic rings. The summed E-state index contributed by atoms with van der Waals surface area (Å²) in [5.74, 6) is -0.988. The second kappa shape index (κ2) is 5.81. The van der Waals surface area contributed by atoms with Crippen molar-refractivity contribution in [3.8, 4) is 0 Å². The number of halogens is 2. The number of nitrogens with two attached hydrogens (primary N) is 1. The summed E-state index contributed by atoms with van der Waals surface area (Å²) in [5.41, 5.74) is 4.97. The molecule has 0 heterocycles. The summed E-state index contributed by atoms with van der Waals surface area (Å²) < 4.78 is 30.2. The van der Waals surface area contributed by atoms with Crippen LogP contribution in [0.4, 0.5) is 8.78 Å². The molecule has 0 aromatic rings. The Morgan fingerprint density at radius 3 is 2.58 bits per heavy atom. The highest BCUT2D eigenvalue weighted by atomic mass is 19.3. The largest absolute Gasteiger partial charge is 0.437 e. The molecule has 0 spiro atoms. The second-order valence-electron chi connectivity index (χ2n) is 1.80. The van der Waals surface area contributed by atoms with Gasteiger partial charge in [0.25, 0.3) is 0 Å². The van der Waals surface area contributed by atoms with Gasteiger partial charge < -0.3 is 15.6 Å². The summed E-state index contributed by atoms with van der Waals surface area (Å²) in [7, 11) is 0. The Bertz CT molecular complexity index is 143. The van der Waals surface area contributed by atoms with E-state index in [9.17, 15) is 13.6 Å². The Labute approximate surface area is 67.1 Å². The van der Waals surface area contributed by atoms with E-state index in [2.05, 4.69) is 9.47 Å². The minimum absolute atomic E-state index is 0.604. The zero-order valence-electron chi connectivity index (χ0n) is 6.07. The predicted molar refractivity (Wildman–Crippen MR) is 33.1 cm³/mol. The van der Waals surface area contributed by atoms with Crippen molar-refractivity contribution in [3.05, 3.63) is 0 Å². The summed E-state index contributed by atoms with van der Waals surface area (Å²) in [4.78, 5) is 10.5. The van der Waals surface area contributed by atoms with Crippen LogP contribution in [-0.2, 0) is 14.3 Å². The number of alkyl halides is 2. The summed E-state index contributed by atoms with van der Waals surface area (Å²) in [6, 6.07) is -1.22. The molecule has 1 atom stereocenters. The lowest BCUT2D eigenvalue weighted by molar-refractivity contribution is -0.198. The van der Waals surface area contributed by atoms with E-state index in [0.29, 0.717) is 0 Å². The summed E-state index contributed by atoms with van der Waals surface area (Å²) in [5, 5.41) is 8.30. The van der Waals surface area contributed by atoms with Crippen molar-refractivity contribution in [1.82, 2.24) is 0 Å². The van der Waals surface area contributed by atoms with Gasteiger partial charge in [0.2, 0.25) is 0 Å². The van der Waals surface area contributed by atoms with Crippen molar-refractivity contribution in [2.24, 2.45) is 5.73 Å². The molecule has 0 aliphatic carbocycles. The van der Waals surface area contributed by atoms with Crippen molar-refractivity contribution in [3.63, 3.8) is 0 Å². The standard InChI is InChI=1S/C5H9F2NO4/c6-5(7)12-2-11-4(10)3(8)1-9/h3,5,9H,1-2,8H2/t3-/m0/s1. The van der Waals surface area contributed by atoms with Crippen LogP contribution in [0.3, 0.4) is 0 Å². The van der Waals surface area contributed by atoms with Gasteiger partial charge in [-0.3, -0.25) is 9.53 Å². The highest BCUT2D eigenvalue weighted by Gasteiger charge is 2.13. The maximum Gasteiger partial charge on any atom is 0.348 e. The maximum absolute atomic E-state index is 11.3. The number of rotatable bonds is 5. The highest BCUT2D eigenvalue weighted by molar-refractivity contribution is 5.75. The molecule has 12 heavy (non-hydrogen) atoms. The van der Waals surface area contributed by atoms with Crippen molar-refractivity contribution >= 4 is 5.97 Å². The van der Waals surface area contributed by atoms with Crippen molar-refractivity contribution < 1.29 is 28.2 Å². The lowest BCUT2D eigenvalue weighted by Crippen LogP contribution is -2.36. The molecule has 0 aromatic carbocycles. The third-order valence-electron chi connectivity index (χ3n) is 0.895. The Kier molecular flexibility index (Phi) is 5.43. The molecule has 0 fully saturated rings. The van der Waals surface area contributed by atoms with Crippen LogP contribution < -0.4 is 5.73 Å². The average molecular weight is 185 g/mol. The van der Waals surface area contributed by atoms with Gasteiger partial charge in [0.1, 0.15) is 6.04 Å². The van der Waals surface area contributed by atoms with Crippen LogP contribution in [0.5, 0.6) is 0 Å². The molecule has 0 rings (SSSR count). The van der Waals surface area contributed by atoms with Crippen molar-refractivity contribution in [2.45, 2.75) is 12.7 Å². The first-order chi connectivity index (χ1) is 5.57. The van der Waals surface area contributed by atoms with E-state index in [0.717, 1.165) is 0 Å². The first-order valence-electron chi connectivity index (χ1n) is 3.00. The van der Waals surface area contributed by atoms with E-state index in [1.54, 1.807) is 0 Å². The molecule has 0 amide bonds. The van der Waals surface area contributed by atoms with E-state index in [4.69, 9.17) is 10.8 Å². The first-order valence-corrected chi connectivity index (χ1v) is 3.00. The zero-order chi connectivity index (χ0) is 9.56. The Balaban J connectivity index is 3.44. The molecule has 5 nitrogen and oxygen atoms in total.